The number of amides is 2. The molecule has 8 nitrogen and oxygen atoms in total. The second-order valence-electron chi connectivity index (χ2n) is 7.69. The monoisotopic (exact) mass is 462 g/mol. The molecule has 0 saturated heterocycles. The van der Waals surface area contributed by atoms with Gasteiger partial charge in [-0.05, 0) is 61.0 Å². The van der Waals surface area contributed by atoms with Crippen molar-refractivity contribution < 1.29 is 28.5 Å². The van der Waals surface area contributed by atoms with E-state index in [1.165, 1.54) is 0 Å². The number of hydrogen-bond acceptors (Lipinski definition) is 6. The average Bonchev–Trinajstić information content (AvgIpc) is 2.87. The lowest BCUT2D eigenvalue weighted by molar-refractivity contribution is -0.118. The molecule has 0 aliphatic carbocycles. The summed E-state index contributed by atoms with van der Waals surface area (Å²) in [6.45, 7) is 2.78. The first-order chi connectivity index (χ1) is 16.5. The van der Waals surface area contributed by atoms with E-state index >= 15 is 0 Å². The van der Waals surface area contributed by atoms with Crippen LogP contribution in [0.1, 0.15) is 28.9 Å². The lowest BCUT2D eigenvalue weighted by Crippen LogP contribution is -2.26. The topological polar surface area (TPSA) is 95.1 Å². The van der Waals surface area contributed by atoms with E-state index in [0.717, 1.165) is 5.56 Å². The molecule has 1 atom stereocenters. The second kappa shape index (κ2) is 10.6. The fourth-order valence-corrected chi connectivity index (χ4v) is 3.44. The predicted molar refractivity (Wildman–Crippen MR) is 127 cm³/mol. The van der Waals surface area contributed by atoms with Crippen LogP contribution in [0.2, 0.25) is 0 Å². The largest absolute Gasteiger partial charge is 0.497 e. The van der Waals surface area contributed by atoms with Crippen molar-refractivity contribution in [1.82, 2.24) is 5.32 Å². The Balaban J connectivity index is 1.28. The minimum Gasteiger partial charge on any atom is -0.497 e. The van der Waals surface area contributed by atoms with E-state index in [9.17, 15) is 9.59 Å². The standard InChI is InChI=1S/C26H26N2O6/c1-17(19-8-11-23-24(14-19)33-13-12-32-23)27-26(30)18-6-9-21(10-7-18)34-16-25(29)28-20-4-3-5-22(15-20)31-2/h3-11,14-15,17H,12-13,16H2,1-2H3,(H,27,30)(H,28,29)/t17-/m1/s1. The van der Waals surface area contributed by atoms with Gasteiger partial charge < -0.3 is 29.6 Å². The number of carbonyl (C=O) groups excluding carboxylic acids is 2. The SMILES string of the molecule is COc1cccc(NC(=O)COc2ccc(C(=O)N[C@H](C)c3ccc4c(c3)OCCO4)cc2)c1. The number of fused-ring (bicyclic) bond motifs is 1. The van der Waals surface area contributed by atoms with E-state index in [-0.39, 0.29) is 24.5 Å². The second-order valence-corrected chi connectivity index (χ2v) is 7.69. The van der Waals surface area contributed by atoms with Gasteiger partial charge in [-0.25, -0.2) is 0 Å². The molecule has 0 aromatic heterocycles. The number of rotatable bonds is 8. The van der Waals surface area contributed by atoms with Gasteiger partial charge in [-0.1, -0.05) is 12.1 Å². The average molecular weight is 463 g/mol. The van der Waals surface area contributed by atoms with Gasteiger partial charge >= 0.3 is 0 Å². The molecule has 2 amide bonds. The van der Waals surface area contributed by atoms with Gasteiger partial charge in [0.2, 0.25) is 0 Å². The van der Waals surface area contributed by atoms with Crippen molar-refractivity contribution in [2.45, 2.75) is 13.0 Å². The molecule has 4 rings (SSSR count). The molecule has 1 heterocycles. The number of carbonyl (C=O) groups is 2. The van der Waals surface area contributed by atoms with Crippen molar-refractivity contribution >= 4 is 17.5 Å². The van der Waals surface area contributed by atoms with Crippen LogP contribution in [-0.2, 0) is 4.79 Å². The Kier molecular flexibility index (Phi) is 7.17. The first kappa shape index (κ1) is 23.0. The Morgan fingerprint density at radius 2 is 1.71 bits per heavy atom. The molecule has 3 aromatic rings. The van der Waals surface area contributed by atoms with E-state index in [1.807, 2.05) is 25.1 Å². The zero-order valence-electron chi connectivity index (χ0n) is 19.0. The van der Waals surface area contributed by atoms with Gasteiger partial charge in [-0.3, -0.25) is 9.59 Å². The van der Waals surface area contributed by atoms with Crippen LogP contribution in [-0.4, -0.2) is 38.7 Å². The molecule has 0 bridgehead atoms. The van der Waals surface area contributed by atoms with Crippen LogP contribution >= 0.6 is 0 Å². The summed E-state index contributed by atoms with van der Waals surface area (Å²) in [5.74, 6) is 2.00. The normalized spacial score (nSPS) is 12.9. The summed E-state index contributed by atoms with van der Waals surface area (Å²) < 4.78 is 21.8. The highest BCUT2D eigenvalue weighted by Crippen LogP contribution is 2.32. The molecule has 0 saturated carbocycles. The molecule has 0 spiro atoms. The fraction of sp³-hybridized carbons (Fsp3) is 0.231. The van der Waals surface area contributed by atoms with Crippen LogP contribution in [0.3, 0.4) is 0 Å². The van der Waals surface area contributed by atoms with Gasteiger partial charge in [0.05, 0.1) is 13.2 Å². The lowest BCUT2D eigenvalue weighted by atomic mass is 10.1. The van der Waals surface area contributed by atoms with Crippen LogP contribution in [0.5, 0.6) is 23.0 Å². The van der Waals surface area contributed by atoms with Crippen molar-refractivity contribution in [1.29, 1.82) is 0 Å². The Morgan fingerprint density at radius 1 is 0.941 bits per heavy atom. The van der Waals surface area contributed by atoms with Crippen molar-refractivity contribution in [3.63, 3.8) is 0 Å². The molecule has 0 radical (unpaired) electrons. The van der Waals surface area contributed by atoms with Crippen LogP contribution in [0.25, 0.3) is 0 Å². The summed E-state index contributed by atoms with van der Waals surface area (Å²) in [5, 5.41) is 5.72. The van der Waals surface area contributed by atoms with Crippen molar-refractivity contribution in [3.8, 4) is 23.0 Å². The van der Waals surface area contributed by atoms with E-state index in [0.29, 0.717) is 47.5 Å². The van der Waals surface area contributed by atoms with Crippen LogP contribution < -0.4 is 29.6 Å². The van der Waals surface area contributed by atoms with Crippen molar-refractivity contribution in [2.75, 3.05) is 32.2 Å². The maximum absolute atomic E-state index is 12.7. The zero-order valence-corrected chi connectivity index (χ0v) is 19.0. The third-order valence-corrected chi connectivity index (χ3v) is 5.25. The minimum absolute atomic E-state index is 0.163. The van der Waals surface area contributed by atoms with Gasteiger partial charge in [-0.15, -0.1) is 0 Å². The summed E-state index contributed by atoms with van der Waals surface area (Å²) in [6, 6.07) is 19.1. The first-order valence-electron chi connectivity index (χ1n) is 10.9. The van der Waals surface area contributed by atoms with E-state index < -0.39 is 0 Å². The molecule has 34 heavy (non-hydrogen) atoms. The van der Waals surface area contributed by atoms with Gasteiger partial charge in [0.1, 0.15) is 24.7 Å². The zero-order chi connectivity index (χ0) is 23.9. The molecular formula is C26H26N2O6. The number of methoxy groups -OCH3 is 1. The Morgan fingerprint density at radius 3 is 2.47 bits per heavy atom. The Labute approximate surface area is 197 Å². The molecule has 1 aliphatic rings. The molecular weight excluding hydrogens is 436 g/mol. The Bertz CT molecular complexity index is 1160. The maximum Gasteiger partial charge on any atom is 0.262 e. The summed E-state index contributed by atoms with van der Waals surface area (Å²) in [7, 11) is 1.56. The molecule has 0 fully saturated rings. The smallest absolute Gasteiger partial charge is 0.262 e. The number of hydrogen-bond donors (Lipinski definition) is 2. The predicted octanol–water partition coefficient (Wildman–Crippen LogP) is 3.97. The van der Waals surface area contributed by atoms with Gasteiger partial charge in [0.25, 0.3) is 11.8 Å². The minimum atomic E-state index is -0.302. The van der Waals surface area contributed by atoms with Crippen LogP contribution in [0, 0.1) is 0 Å². The number of nitrogens with one attached hydrogen (secondary N) is 2. The third kappa shape index (κ3) is 5.78. The molecule has 2 N–H and O–H groups in total. The van der Waals surface area contributed by atoms with Crippen molar-refractivity contribution in [3.05, 3.63) is 77.9 Å². The molecule has 3 aromatic carbocycles. The lowest BCUT2D eigenvalue weighted by Gasteiger charge is -2.21. The number of benzene rings is 3. The fourth-order valence-electron chi connectivity index (χ4n) is 3.44. The summed E-state index contributed by atoms with van der Waals surface area (Å²) in [5.41, 5.74) is 2.02. The van der Waals surface area contributed by atoms with Gasteiger partial charge in [-0.2, -0.15) is 0 Å². The van der Waals surface area contributed by atoms with E-state index in [2.05, 4.69) is 10.6 Å². The molecule has 1 aliphatic heterocycles. The highest BCUT2D eigenvalue weighted by Gasteiger charge is 2.16. The molecule has 0 unspecified atom stereocenters. The number of anilines is 1. The summed E-state index contributed by atoms with van der Waals surface area (Å²) >= 11 is 0. The quantitative estimate of drug-likeness (QED) is 0.526. The van der Waals surface area contributed by atoms with Crippen LogP contribution in [0.4, 0.5) is 5.69 Å². The Hall–Kier alpha value is -4.20. The highest BCUT2D eigenvalue weighted by atomic mass is 16.6. The van der Waals surface area contributed by atoms with E-state index in [1.54, 1.807) is 55.6 Å². The van der Waals surface area contributed by atoms with Crippen LogP contribution in [0.15, 0.2) is 66.7 Å². The molecule has 8 heteroatoms. The van der Waals surface area contributed by atoms with Gasteiger partial charge in [0, 0.05) is 17.3 Å². The van der Waals surface area contributed by atoms with Crippen molar-refractivity contribution in [2.24, 2.45) is 0 Å². The maximum atomic E-state index is 12.7. The summed E-state index contributed by atoms with van der Waals surface area (Å²) in [6.07, 6.45) is 0. The van der Waals surface area contributed by atoms with Gasteiger partial charge in [0.15, 0.2) is 18.1 Å². The third-order valence-electron chi connectivity index (χ3n) is 5.25. The first-order valence-corrected chi connectivity index (χ1v) is 10.9. The number of ether oxygens (including phenoxy) is 4. The molecule has 176 valence electrons. The summed E-state index contributed by atoms with van der Waals surface area (Å²) in [4.78, 5) is 24.8. The highest BCUT2D eigenvalue weighted by molar-refractivity contribution is 5.94. The van der Waals surface area contributed by atoms with E-state index in [4.69, 9.17) is 18.9 Å².